The smallest absolute Gasteiger partial charge is 0.315 e. The first-order chi connectivity index (χ1) is 7.34. The number of nitrogens with one attached hydrogen (secondary N) is 1. The lowest BCUT2D eigenvalue weighted by atomic mass is 9.99. The molecule has 0 aliphatic heterocycles. The molecule has 0 aliphatic rings. The maximum absolute atomic E-state index is 12.3. The second-order valence-electron chi connectivity index (χ2n) is 4.22. The second kappa shape index (κ2) is 7.12. The number of nitrogens with zero attached hydrogens (tertiary/aromatic N) is 1. The van der Waals surface area contributed by atoms with Crippen molar-refractivity contribution in [3.8, 4) is 0 Å². The first kappa shape index (κ1) is 15.7. The highest BCUT2D eigenvalue weighted by Gasteiger charge is 2.31. The first-order valence-electron chi connectivity index (χ1n) is 5.80. The van der Waals surface area contributed by atoms with E-state index in [4.69, 9.17) is 0 Å². The molecule has 2 nitrogen and oxygen atoms in total. The molecule has 2 unspecified atom stereocenters. The van der Waals surface area contributed by atoms with Gasteiger partial charge in [-0.3, -0.25) is 4.90 Å². The molecule has 0 fully saturated rings. The van der Waals surface area contributed by atoms with E-state index >= 15 is 0 Å². The Balaban J connectivity index is 4.28. The molecule has 2 atom stereocenters. The fourth-order valence-electron chi connectivity index (χ4n) is 1.68. The summed E-state index contributed by atoms with van der Waals surface area (Å²) in [5.41, 5.74) is 0. The average Bonchev–Trinajstić information content (AvgIpc) is 2.21. The highest BCUT2D eigenvalue weighted by Crippen LogP contribution is 2.17. The third kappa shape index (κ3) is 6.33. The summed E-state index contributed by atoms with van der Waals surface area (Å²) >= 11 is 0. The maximum atomic E-state index is 12.3. The zero-order valence-corrected chi connectivity index (χ0v) is 10.6. The Hall–Kier alpha value is -0.290. The van der Waals surface area contributed by atoms with E-state index < -0.39 is 12.7 Å². The zero-order valence-electron chi connectivity index (χ0n) is 10.6. The number of hydrogen-bond donors (Lipinski definition) is 1. The van der Waals surface area contributed by atoms with Crippen molar-refractivity contribution < 1.29 is 13.2 Å². The average molecular weight is 240 g/mol. The molecule has 1 N–H and O–H groups in total. The Morgan fingerprint density at radius 2 is 1.81 bits per heavy atom. The topological polar surface area (TPSA) is 15.3 Å². The van der Waals surface area contributed by atoms with Gasteiger partial charge in [-0.05, 0) is 19.5 Å². The third-order valence-electron chi connectivity index (χ3n) is 3.01. The summed E-state index contributed by atoms with van der Waals surface area (Å²) in [5.74, 6) is 0.382. The van der Waals surface area contributed by atoms with Crippen molar-refractivity contribution in [2.45, 2.75) is 39.4 Å². The Kier molecular flexibility index (Phi) is 6.99. The summed E-state index contributed by atoms with van der Waals surface area (Å²) in [6.45, 7) is 5.92. The van der Waals surface area contributed by atoms with Crippen molar-refractivity contribution in [2.75, 3.05) is 26.7 Å². The summed E-state index contributed by atoms with van der Waals surface area (Å²) in [5, 5.41) is 3.09. The standard InChI is InChI=1S/C11H23F3N2/c1-5-9(3)10(15-4)7-16(6-2)8-11(12,13)14/h9-10,15H,5-8H2,1-4H3. The van der Waals surface area contributed by atoms with Gasteiger partial charge in [-0.25, -0.2) is 0 Å². The fraction of sp³-hybridized carbons (Fsp3) is 1.00. The Labute approximate surface area is 96.2 Å². The van der Waals surface area contributed by atoms with Crippen LogP contribution < -0.4 is 5.32 Å². The molecular weight excluding hydrogens is 217 g/mol. The van der Waals surface area contributed by atoms with E-state index in [1.807, 2.05) is 0 Å². The lowest BCUT2D eigenvalue weighted by Gasteiger charge is -2.30. The van der Waals surface area contributed by atoms with Gasteiger partial charge in [0, 0.05) is 12.6 Å². The molecule has 0 spiro atoms. The Morgan fingerprint density at radius 1 is 1.25 bits per heavy atom. The minimum Gasteiger partial charge on any atom is -0.315 e. The second-order valence-corrected chi connectivity index (χ2v) is 4.22. The van der Waals surface area contributed by atoms with Crippen molar-refractivity contribution in [2.24, 2.45) is 5.92 Å². The molecule has 5 heteroatoms. The number of alkyl halides is 3. The minimum atomic E-state index is -4.11. The number of rotatable bonds is 7. The number of hydrogen-bond acceptors (Lipinski definition) is 2. The van der Waals surface area contributed by atoms with Crippen LogP contribution in [0.2, 0.25) is 0 Å². The van der Waals surface area contributed by atoms with Crippen LogP contribution in [-0.4, -0.2) is 43.8 Å². The molecule has 0 heterocycles. The van der Waals surface area contributed by atoms with E-state index in [0.717, 1.165) is 6.42 Å². The fourth-order valence-corrected chi connectivity index (χ4v) is 1.68. The van der Waals surface area contributed by atoms with Crippen LogP contribution in [0.25, 0.3) is 0 Å². The van der Waals surface area contributed by atoms with Crippen LogP contribution in [0.15, 0.2) is 0 Å². The van der Waals surface area contributed by atoms with Crippen LogP contribution in [-0.2, 0) is 0 Å². The molecule has 0 saturated heterocycles. The van der Waals surface area contributed by atoms with Crippen LogP contribution in [0, 0.1) is 5.92 Å². The quantitative estimate of drug-likeness (QED) is 0.735. The van der Waals surface area contributed by atoms with Crippen LogP contribution in [0.4, 0.5) is 13.2 Å². The molecule has 0 aromatic heterocycles. The first-order valence-corrected chi connectivity index (χ1v) is 5.80. The van der Waals surface area contributed by atoms with Crippen LogP contribution in [0.1, 0.15) is 27.2 Å². The van der Waals surface area contributed by atoms with Crippen molar-refractivity contribution in [3.05, 3.63) is 0 Å². The predicted octanol–water partition coefficient (Wildman–Crippen LogP) is 2.50. The number of likely N-dealkylation sites (N-methyl/N-ethyl adjacent to an activating group) is 2. The van der Waals surface area contributed by atoms with E-state index in [-0.39, 0.29) is 6.04 Å². The van der Waals surface area contributed by atoms with Gasteiger partial charge in [0.2, 0.25) is 0 Å². The SMILES string of the molecule is CCC(C)C(CN(CC)CC(F)(F)F)NC. The predicted molar refractivity (Wildman–Crippen MR) is 60.5 cm³/mol. The largest absolute Gasteiger partial charge is 0.401 e. The van der Waals surface area contributed by atoms with Gasteiger partial charge in [-0.15, -0.1) is 0 Å². The Bertz CT molecular complexity index is 183. The lowest BCUT2D eigenvalue weighted by molar-refractivity contribution is -0.146. The van der Waals surface area contributed by atoms with E-state index in [0.29, 0.717) is 19.0 Å². The highest BCUT2D eigenvalue weighted by molar-refractivity contribution is 4.76. The van der Waals surface area contributed by atoms with E-state index in [2.05, 4.69) is 19.2 Å². The van der Waals surface area contributed by atoms with Gasteiger partial charge in [0.15, 0.2) is 0 Å². The molecule has 16 heavy (non-hydrogen) atoms. The molecule has 98 valence electrons. The summed E-state index contributed by atoms with van der Waals surface area (Å²) in [7, 11) is 1.80. The molecule has 0 radical (unpaired) electrons. The minimum absolute atomic E-state index is 0.118. The third-order valence-corrected chi connectivity index (χ3v) is 3.01. The van der Waals surface area contributed by atoms with Gasteiger partial charge in [0.25, 0.3) is 0 Å². The van der Waals surface area contributed by atoms with Gasteiger partial charge in [0.1, 0.15) is 0 Å². The van der Waals surface area contributed by atoms with Gasteiger partial charge >= 0.3 is 6.18 Å². The summed E-state index contributed by atoms with van der Waals surface area (Å²) in [6, 6.07) is 0.118. The van der Waals surface area contributed by atoms with E-state index in [9.17, 15) is 13.2 Å². The van der Waals surface area contributed by atoms with E-state index in [1.165, 1.54) is 4.90 Å². The zero-order chi connectivity index (χ0) is 12.8. The van der Waals surface area contributed by atoms with Gasteiger partial charge in [-0.1, -0.05) is 27.2 Å². The molecule has 0 aliphatic carbocycles. The van der Waals surface area contributed by atoms with Gasteiger partial charge in [0.05, 0.1) is 6.54 Å². The molecule has 0 rings (SSSR count). The van der Waals surface area contributed by atoms with Crippen LogP contribution in [0.5, 0.6) is 0 Å². The summed E-state index contributed by atoms with van der Waals surface area (Å²) < 4.78 is 36.8. The van der Waals surface area contributed by atoms with Crippen molar-refractivity contribution >= 4 is 0 Å². The molecule has 0 aromatic rings. The Morgan fingerprint density at radius 3 is 2.12 bits per heavy atom. The van der Waals surface area contributed by atoms with Crippen molar-refractivity contribution in [1.82, 2.24) is 10.2 Å². The van der Waals surface area contributed by atoms with Gasteiger partial charge < -0.3 is 5.32 Å². The summed E-state index contributed by atoms with van der Waals surface area (Å²) in [6.07, 6.45) is -3.14. The van der Waals surface area contributed by atoms with Crippen LogP contribution >= 0.6 is 0 Å². The molecule has 0 amide bonds. The summed E-state index contributed by atoms with van der Waals surface area (Å²) in [4.78, 5) is 1.44. The normalized spacial score (nSPS) is 16.5. The molecule has 0 saturated carbocycles. The van der Waals surface area contributed by atoms with Crippen LogP contribution in [0.3, 0.4) is 0 Å². The van der Waals surface area contributed by atoms with Crippen molar-refractivity contribution in [3.63, 3.8) is 0 Å². The lowest BCUT2D eigenvalue weighted by Crippen LogP contribution is -2.46. The molecule has 0 aromatic carbocycles. The number of halogens is 3. The van der Waals surface area contributed by atoms with Crippen molar-refractivity contribution in [1.29, 1.82) is 0 Å². The van der Waals surface area contributed by atoms with E-state index in [1.54, 1.807) is 14.0 Å². The monoisotopic (exact) mass is 240 g/mol. The maximum Gasteiger partial charge on any atom is 0.401 e. The molecular formula is C11H23F3N2. The highest BCUT2D eigenvalue weighted by atomic mass is 19.4. The molecule has 0 bridgehead atoms. The van der Waals surface area contributed by atoms with Gasteiger partial charge in [-0.2, -0.15) is 13.2 Å².